The van der Waals surface area contributed by atoms with Crippen molar-refractivity contribution in [2.24, 2.45) is 0 Å². The molecule has 2 aliphatic rings. The van der Waals surface area contributed by atoms with Gasteiger partial charge in [-0.25, -0.2) is 14.8 Å². The van der Waals surface area contributed by atoms with Crippen LogP contribution in [0.1, 0.15) is 32.7 Å². The van der Waals surface area contributed by atoms with Gasteiger partial charge >= 0.3 is 5.69 Å². The Morgan fingerprint density at radius 1 is 1.07 bits per heavy atom. The molecule has 0 spiro atoms. The van der Waals surface area contributed by atoms with E-state index in [9.17, 15) is 14.9 Å². The van der Waals surface area contributed by atoms with Gasteiger partial charge in [0.1, 0.15) is 35.0 Å². The zero-order chi connectivity index (χ0) is 31.6. The van der Waals surface area contributed by atoms with Crippen molar-refractivity contribution in [1.82, 2.24) is 34.2 Å². The molecule has 0 radical (unpaired) electrons. The van der Waals surface area contributed by atoms with E-state index < -0.39 is 5.54 Å². The molecule has 2 aromatic carbocycles. The number of carbonyl (C=O) groups is 1. The number of benzene rings is 2. The number of carbonyl (C=O) groups excluding carboxylic acids is 1. The first-order valence-corrected chi connectivity index (χ1v) is 15.2. The maximum Gasteiger partial charge on any atom is 0.335 e. The van der Waals surface area contributed by atoms with Gasteiger partial charge in [0.15, 0.2) is 11.5 Å². The molecule has 0 bridgehead atoms. The van der Waals surface area contributed by atoms with E-state index in [0.29, 0.717) is 47.7 Å². The second kappa shape index (κ2) is 12.6. The van der Waals surface area contributed by atoms with Crippen molar-refractivity contribution < 1.29 is 9.53 Å². The molecule has 1 unspecified atom stereocenters. The molecule has 2 aromatic heterocycles. The van der Waals surface area contributed by atoms with Crippen molar-refractivity contribution in [3.63, 3.8) is 0 Å². The van der Waals surface area contributed by atoms with Crippen molar-refractivity contribution in [3.8, 4) is 23.3 Å². The predicted octanol–water partition coefficient (Wildman–Crippen LogP) is 3.25. The zero-order valence-electron chi connectivity index (χ0n) is 25.5. The fourth-order valence-electron chi connectivity index (χ4n) is 6.27. The molecule has 0 saturated carbocycles. The lowest BCUT2D eigenvalue weighted by molar-refractivity contribution is -0.128. The quantitative estimate of drug-likeness (QED) is 0.239. The van der Waals surface area contributed by atoms with Crippen LogP contribution in [-0.4, -0.2) is 79.6 Å². The number of nitriles is 1. The van der Waals surface area contributed by atoms with Gasteiger partial charge < -0.3 is 20.7 Å². The number of para-hydroxylation sites is 1. The van der Waals surface area contributed by atoms with E-state index >= 15 is 0 Å². The smallest absolute Gasteiger partial charge is 0.335 e. The van der Waals surface area contributed by atoms with Crippen molar-refractivity contribution in [2.45, 2.75) is 38.3 Å². The lowest BCUT2D eigenvalue weighted by Gasteiger charge is -2.39. The number of anilines is 1. The van der Waals surface area contributed by atoms with Gasteiger partial charge in [-0.2, -0.15) is 5.26 Å². The molecule has 45 heavy (non-hydrogen) atoms. The Bertz CT molecular complexity index is 1810. The van der Waals surface area contributed by atoms with E-state index in [4.69, 9.17) is 10.5 Å². The van der Waals surface area contributed by atoms with E-state index in [0.717, 1.165) is 26.2 Å². The summed E-state index contributed by atoms with van der Waals surface area (Å²) in [6.07, 6.45) is 4.45. The molecular weight excluding hydrogens is 570 g/mol. The van der Waals surface area contributed by atoms with Crippen LogP contribution in [0.15, 0.2) is 77.4 Å². The van der Waals surface area contributed by atoms with Crippen LogP contribution in [0, 0.1) is 11.3 Å². The first-order chi connectivity index (χ1) is 21.8. The van der Waals surface area contributed by atoms with Crippen LogP contribution in [0.4, 0.5) is 5.82 Å². The number of likely N-dealkylation sites (tertiary alicyclic amines) is 1. The standard InChI is InChI=1S/C33H37N9O3/c1-33(2,40-17-14-36-15-18-40)19-23(20-34)31(43)39-16-6-7-25(21-39)42-30-28(29(35)37-22-38-30)41(32(42)44)24-10-12-27(13-11-24)45-26-8-4-3-5-9-26/h3-5,8-13,19,22,25,36H,6-7,14-18,21H2,1-2H3,(H2,35,37,38). The highest BCUT2D eigenvalue weighted by atomic mass is 16.5. The first kappa shape index (κ1) is 30.1. The van der Waals surface area contributed by atoms with Crippen LogP contribution in [-0.2, 0) is 4.79 Å². The number of piperidine rings is 1. The van der Waals surface area contributed by atoms with Gasteiger partial charge in [-0.1, -0.05) is 18.2 Å². The summed E-state index contributed by atoms with van der Waals surface area (Å²) in [5.41, 5.74) is 7.03. The third-order valence-corrected chi connectivity index (χ3v) is 8.58. The summed E-state index contributed by atoms with van der Waals surface area (Å²) in [5.74, 6) is 1.17. The highest BCUT2D eigenvalue weighted by Gasteiger charge is 2.33. The number of imidazole rings is 1. The van der Waals surface area contributed by atoms with E-state index in [1.165, 1.54) is 10.9 Å². The number of fused-ring (bicyclic) bond motifs is 1. The monoisotopic (exact) mass is 607 g/mol. The zero-order valence-corrected chi connectivity index (χ0v) is 25.5. The van der Waals surface area contributed by atoms with Gasteiger partial charge in [-0.15, -0.1) is 0 Å². The number of hydrogen-bond donors (Lipinski definition) is 2. The molecular formula is C33H37N9O3. The molecule has 2 saturated heterocycles. The van der Waals surface area contributed by atoms with E-state index in [2.05, 4.69) is 26.3 Å². The molecule has 1 atom stereocenters. The van der Waals surface area contributed by atoms with Crippen LogP contribution in [0.3, 0.4) is 0 Å². The third-order valence-electron chi connectivity index (χ3n) is 8.58. The third kappa shape index (κ3) is 6.05. The topological polar surface area (TPSA) is 147 Å². The molecule has 0 aliphatic carbocycles. The Labute approximate surface area is 261 Å². The van der Waals surface area contributed by atoms with Gasteiger partial charge in [0.25, 0.3) is 5.91 Å². The number of piperazine rings is 1. The Morgan fingerprint density at radius 3 is 2.49 bits per heavy atom. The molecule has 4 heterocycles. The molecule has 6 rings (SSSR count). The number of hydrogen-bond acceptors (Lipinski definition) is 9. The molecule has 12 heteroatoms. The fraction of sp³-hybridized carbons (Fsp3) is 0.364. The second-order valence-corrected chi connectivity index (χ2v) is 11.9. The Hall–Kier alpha value is -4.99. The second-order valence-electron chi connectivity index (χ2n) is 11.9. The minimum absolute atomic E-state index is 0.110. The Kier molecular flexibility index (Phi) is 8.38. The van der Waals surface area contributed by atoms with Crippen LogP contribution in [0.5, 0.6) is 11.5 Å². The largest absolute Gasteiger partial charge is 0.457 e. The van der Waals surface area contributed by atoms with Crippen LogP contribution >= 0.6 is 0 Å². The predicted molar refractivity (Wildman–Crippen MR) is 171 cm³/mol. The fourth-order valence-corrected chi connectivity index (χ4v) is 6.27. The average molecular weight is 608 g/mol. The van der Waals surface area contributed by atoms with E-state index in [1.807, 2.05) is 44.2 Å². The number of ether oxygens (including phenoxy) is 1. The molecule has 3 N–H and O–H groups in total. The lowest BCUT2D eigenvalue weighted by Crippen LogP contribution is -2.53. The van der Waals surface area contributed by atoms with Crippen molar-refractivity contribution in [2.75, 3.05) is 45.0 Å². The SMILES string of the molecule is CC(C)(C=C(C#N)C(=O)N1CCCC(n2c(=O)n(-c3ccc(Oc4ccccc4)cc3)c3c(N)ncnc32)C1)N1CCNCC1. The highest BCUT2D eigenvalue weighted by Crippen LogP contribution is 2.29. The summed E-state index contributed by atoms with van der Waals surface area (Å²) in [6.45, 7) is 8.22. The molecule has 4 aromatic rings. The summed E-state index contributed by atoms with van der Waals surface area (Å²) < 4.78 is 9.05. The van der Waals surface area contributed by atoms with Crippen LogP contribution in [0.25, 0.3) is 16.9 Å². The van der Waals surface area contributed by atoms with Gasteiger partial charge in [0.05, 0.1) is 11.7 Å². The molecule has 2 aliphatic heterocycles. The number of nitrogen functional groups attached to an aromatic ring is 1. The molecule has 12 nitrogen and oxygen atoms in total. The van der Waals surface area contributed by atoms with Crippen molar-refractivity contribution in [1.29, 1.82) is 5.26 Å². The number of aromatic nitrogens is 4. The van der Waals surface area contributed by atoms with Gasteiger partial charge in [0.2, 0.25) is 0 Å². The first-order valence-electron chi connectivity index (χ1n) is 15.2. The number of nitrogens with two attached hydrogens (primary N) is 1. The summed E-state index contributed by atoms with van der Waals surface area (Å²) in [5, 5.41) is 13.4. The summed E-state index contributed by atoms with van der Waals surface area (Å²) in [6, 6.07) is 18.4. The minimum atomic E-state index is -0.460. The molecule has 232 valence electrons. The van der Waals surface area contributed by atoms with E-state index in [-0.39, 0.29) is 35.6 Å². The molecule has 1 amide bonds. The average Bonchev–Trinajstić information content (AvgIpc) is 3.37. The summed E-state index contributed by atoms with van der Waals surface area (Å²) >= 11 is 0. The summed E-state index contributed by atoms with van der Waals surface area (Å²) in [4.78, 5) is 40.4. The van der Waals surface area contributed by atoms with Crippen LogP contribution in [0.2, 0.25) is 0 Å². The Morgan fingerprint density at radius 2 is 1.78 bits per heavy atom. The van der Waals surface area contributed by atoms with Gasteiger partial charge in [-0.05, 0) is 69.2 Å². The Balaban J connectivity index is 1.30. The van der Waals surface area contributed by atoms with Gasteiger partial charge in [-0.3, -0.25) is 18.8 Å². The van der Waals surface area contributed by atoms with Crippen LogP contribution < -0.4 is 21.5 Å². The minimum Gasteiger partial charge on any atom is -0.457 e. The number of nitrogens with zero attached hydrogens (tertiary/aromatic N) is 7. The summed E-state index contributed by atoms with van der Waals surface area (Å²) in [7, 11) is 0. The number of amides is 1. The maximum atomic E-state index is 14.1. The molecule has 2 fully saturated rings. The number of rotatable bonds is 7. The maximum absolute atomic E-state index is 14.1. The van der Waals surface area contributed by atoms with Crippen molar-refractivity contribution >= 4 is 22.9 Å². The lowest BCUT2D eigenvalue weighted by atomic mass is 9.97. The van der Waals surface area contributed by atoms with E-state index in [1.54, 1.807) is 39.8 Å². The number of nitrogens with one attached hydrogen (secondary N) is 1. The highest BCUT2D eigenvalue weighted by molar-refractivity contribution is 5.97. The normalized spacial score (nSPS) is 18.1. The van der Waals surface area contributed by atoms with Crippen molar-refractivity contribution in [3.05, 3.63) is 83.1 Å². The van der Waals surface area contributed by atoms with Gasteiger partial charge in [0, 0.05) is 44.8 Å².